The standard InChI is InChI=1S/C8H12O2/c1-3-8(9)5-4-6-10-7(8)2/h3-5,7,9H,1,6H2,2H3/t7-,8-/m0/s1. The summed E-state index contributed by atoms with van der Waals surface area (Å²) >= 11 is 0. The van der Waals surface area contributed by atoms with E-state index in [2.05, 4.69) is 6.58 Å². The van der Waals surface area contributed by atoms with Gasteiger partial charge < -0.3 is 9.84 Å². The molecule has 1 rings (SSSR count). The summed E-state index contributed by atoms with van der Waals surface area (Å²) in [5, 5.41) is 9.62. The first-order valence-corrected chi connectivity index (χ1v) is 3.34. The van der Waals surface area contributed by atoms with Crippen LogP contribution in [0.1, 0.15) is 6.92 Å². The molecule has 0 amide bonds. The zero-order valence-electron chi connectivity index (χ0n) is 6.08. The van der Waals surface area contributed by atoms with Gasteiger partial charge in [0.05, 0.1) is 12.7 Å². The van der Waals surface area contributed by atoms with E-state index in [1.54, 1.807) is 12.2 Å². The molecule has 0 radical (unpaired) electrons. The molecular weight excluding hydrogens is 128 g/mol. The van der Waals surface area contributed by atoms with Crippen LogP contribution in [0.25, 0.3) is 0 Å². The first kappa shape index (κ1) is 7.51. The van der Waals surface area contributed by atoms with Crippen LogP contribution in [0.15, 0.2) is 24.8 Å². The second-order valence-corrected chi connectivity index (χ2v) is 2.47. The van der Waals surface area contributed by atoms with Crippen LogP contribution >= 0.6 is 0 Å². The maximum atomic E-state index is 9.62. The minimum Gasteiger partial charge on any atom is -0.379 e. The van der Waals surface area contributed by atoms with Gasteiger partial charge >= 0.3 is 0 Å². The molecule has 0 aromatic carbocycles. The molecule has 1 aliphatic heterocycles. The molecule has 2 atom stereocenters. The highest BCUT2D eigenvalue weighted by Crippen LogP contribution is 2.20. The zero-order chi connectivity index (χ0) is 7.61. The van der Waals surface area contributed by atoms with Crippen molar-refractivity contribution in [2.24, 2.45) is 0 Å². The molecule has 1 aliphatic rings. The smallest absolute Gasteiger partial charge is 0.126 e. The molecule has 56 valence electrons. The van der Waals surface area contributed by atoms with Crippen LogP contribution in [0.5, 0.6) is 0 Å². The molecule has 2 nitrogen and oxygen atoms in total. The topological polar surface area (TPSA) is 29.5 Å². The first-order chi connectivity index (χ1) is 4.69. The maximum absolute atomic E-state index is 9.62. The van der Waals surface area contributed by atoms with Gasteiger partial charge in [-0.05, 0) is 13.0 Å². The fourth-order valence-corrected chi connectivity index (χ4v) is 0.940. The van der Waals surface area contributed by atoms with Crippen LogP contribution < -0.4 is 0 Å². The molecule has 1 heterocycles. The van der Waals surface area contributed by atoms with Crippen molar-refractivity contribution in [3.63, 3.8) is 0 Å². The van der Waals surface area contributed by atoms with E-state index in [4.69, 9.17) is 4.74 Å². The largest absolute Gasteiger partial charge is 0.379 e. The Bertz CT molecular complexity index is 163. The SMILES string of the molecule is C=C[C@]1(O)C=CCO[C@H]1C. The fourth-order valence-electron chi connectivity index (χ4n) is 0.940. The van der Waals surface area contributed by atoms with Gasteiger partial charge in [0.15, 0.2) is 0 Å². The molecule has 0 unspecified atom stereocenters. The van der Waals surface area contributed by atoms with E-state index in [1.807, 2.05) is 6.92 Å². The molecular formula is C8H12O2. The molecule has 0 fully saturated rings. The van der Waals surface area contributed by atoms with Crippen molar-refractivity contribution in [3.05, 3.63) is 24.8 Å². The highest BCUT2D eigenvalue weighted by molar-refractivity contribution is 5.16. The van der Waals surface area contributed by atoms with Gasteiger partial charge in [-0.3, -0.25) is 0 Å². The minimum absolute atomic E-state index is 0.185. The highest BCUT2D eigenvalue weighted by Gasteiger charge is 2.29. The number of hydrogen-bond acceptors (Lipinski definition) is 2. The summed E-state index contributed by atoms with van der Waals surface area (Å²) in [6, 6.07) is 0. The summed E-state index contributed by atoms with van der Waals surface area (Å²) in [6.07, 6.45) is 4.82. The number of aliphatic hydroxyl groups is 1. The van der Waals surface area contributed by atoms with E-state index in [0.717, 1.165) is 0 Å². The van der Waals surface area contributed by atoms with Gasteiger partial charge in [-0.1, -0.05) is 18.7 Å². The van der Waals surface area contributed by atoms with Gasteiger partial charge in [0.25, 0.3) is 0 Å². The Balaban J connectivity index is 2.80. The minimum atomic E-state index is -0.960. The van der Waals surface area contributed by atoms with Crippen LogP contribution in [0.4, 0.5) is 0 Å². The van der Waals surface area contributed by atoms with Crippen molar-refractivity contribution in [1.82, 2.24) is 0 Å². The molecule has 1 N–H and O–H groups in total. The predicted octanol–water partition coefficient (Wildman–Crippen LogP) is 0.878. The second-order valence-electron chi connectivity index (χ2n) is 2.47. The zero-order valence-corrected chi connectivity index (χ0v) is 6.08. The monoisotopic (exact) mass is 140 g/mol. The average molecular weight is 140 g/mol. The highest BCUT2D eigenvalue weighted by atomic mass is 16.5. The van der Waals surface area contributed by atoms with Crippen molar-refractivity contribution in [2.75, 3.05) is 6.61 Å². The summed E-state index contributed by atoms with van der Waals surface area (Å²) in [5.41, 5.74) is -0.960. The molecule has 0 bridgehead atoms. The van der Waals surface area contributed by atoms with E-state index in [0.29, 0.717) is 6.61 Å². The van der Waals surface area contributed by atoms with E-state index in [-0.39, 0.29) is 6.10 Å². The molecule has 0 aromatic heterocycles. The Hall–Kier alpha value is -0.600. The van der Waals surface area contributed by atoms with Gasteiger partial charge in [-0.15, -0.1) is 0 Å². The summed E-state index contributed by atoms with van der Waals surface area (Å²) < 4.78 is 5.18. The number of hydrogen-bond donors (Lipinski definition) is 1. The lowest BCUT2D eigenvalue weighted by Gasteiger charge is -2.30. The van der Waals surface area contributed by atoms with Crippen molar-refractivity contribution < 1.29 is 9.84 Å². The van der Waals surface area contributed by atoms with E-state index in [1.165, 1.54) is 6.08 Å². The number of ether oxygens (including phenoxy) is 1. The third-order valence-corrected chi connectivity index (χ3v) is 1.81. The lowest BCUT2D eigenvalue weighted by atomic mass is 9.96. The maximum Gasteiger partial charge on any atom is 0.126 e. The van der Waals surface area contributed by atoms with Crippen LogP contribution in [0, 0.1) is 0 Å². The van der Waals surface area contributed by atoms with Gasteiger partial charge in [-0.2, -0.15) is 0 Å². The number of rotatable bonds is 1. The Labute approximate surface area is 60.8 Å². The molecule has 0 aliphatic carbocycles. The van der Waals surface area contributed by atoms with E-state index >= 15 is 0 Å². The van der Waals surface area contributed by atoms with Gasteiger partial charge in [-0.25, -0.2) is 0 Å². The Kier molecular flexibility index (Phi) is 1.92. The quantitative estimate of drug-likeness (QED) is 0.548. The van der Waals surface area contributed by atoms with Crippen LogP contribution in [-0.4, -0.2) is 23.4 Å². The predicted molar refractivity (Wildman–Crippen MR) is 39.7 cm³/mol. The van der Waals surface area contributed by atoms with Crippen molar-refractivity contribution >= 4 is 0 Å². The lowest BCUT2D eigenvalue weighted by Crippen LogP contribution is -2.40. The van der Waals surface area contributed by atoms with Crippen molar-refractivity contribution in [1.29, 1.82) is 0 Å². The van der Waals surface area contributed by atoms with Crippen LogP contribution in [-0.2, 0) is 4.74 Å². The first-order valence-electron chi connectivity index (χ1n) is 3.34. The van der Waals surface area contributed by atoms with E-state index in [9.17, 15) is 5.11 Å². The summed E-state index contributed by atoms with van der Waals surface area (Å²) in [6.45, 7) is 5.93. The van der Waals surface area contributed by atoms with Crippen LogP contribution in [0.2, 0.25) is 0 Å². The summed E-state index contributed by atoms with van der Waals surface area (Å²) in [7, 11) is 0. The van der Waals surface area contributed by atoms with Crippen molar-refractivity contribution in [2.45, 2.75) is 18.6 Å². The fraction of sp³-hybridized carbons (Fsp3) is 0.500. The molecule has 0 saturated carbocycles. The summed E-state index contributed by atoms with van der Waals surface area (Å²) in [5.74, 6) is 0. The molecule has 10 heavy (non-hydrogen) atoms. The van der Waals surface area contributed by atoms with Gasteiger partial charge in [0.2, 0.25) is 0 Å². The Morgan fingerprint density at radius 3 is 3.00 bits per heavy atom. The summed E-state index contributed by atoms with van der Waals surface area (Å²) in [4.78, 5) is 0. The molecule has 0 saturated heterocycles. The second kappa shape index (κ2) is 2.56. The molecule has 0 spiro atoms. The molecule has 0 aromatic rings. The average Bonchev–Trinajstić information content (AvgIpc) is 1.96. The third-order valence-electron chi connectivity index (χ3n) is 1.81. The van der Waals surface area contributed by atoms with Crippen LogP contribution in [0.3, 0.4) is 0 Å². The van der Waals surface area contributed by atoms with Gasteiger partial charge in [0.1, 0.15) is 5.60 Å². The third kappa shape index (κ3) is 1.13. The molecule has 2 heteroatoms. The van der Waals surface area contributed by atoms with Gasteiger partial charge in [0, 0.05) is 0 Å². The Morgan fingerprint density at radius 1 is 1.90 bits per heavy atom. The normalized spacial score (nSPS) is 39.6. The van der Waals surface area contributed by atoms with E-state index < -0.39 is 5.60 Å². The van der Waals surface area contributed by atoms with Crippen molar-refractivity contribution in [3.8, 4) is 0 Å². The Morgan fingerprint density at radius 2 is 2.60 bits per heavy atom. The lowest BCUT2D eigenvalue weighted by molar-refractivity contribution is -0.0459.